The van der Waals surface area contributed by atoms with Crippen LogP contribution in [0.3, 0.4) is 0 Å². The molecule has 3 unspecified atom stereocenters. The van der Waals surface area contributed by atoms with E-state index in [1.807, 2.05) is 44.2 Å². The van der Waals surface area contributed by atoms with Crippen molar-refractivity contribution in [2.45, 2.75) is 55.7 Å². The lowest BCUT2D eigenvalue weighted by atomic mass is 9.66. The minimum absolute atomic E-state index is 0.0286. The third-order valence-electron chi connectivity index (χ3n) is 8.73. The normalized spacial score (nSPS) is 31.1. The second-order valence-electron chi connectivity index (χ2n) is 10.8. The van der Waals surface area contributed by atoms with Crippen LogP contribution in [0.15, 0.2) is 54.6 Å². The first-order valence-electron chi connectivity index (χ1n) is 13.3. The van der Waals surface area contributed by atoms with E-state index in [-0.39, 0.29) is 41.4 Å². The molecule has 7 nitrogen and oxygen atoms in total. The number of rotatable bonds is 8. The Morgan fingerprint density at radius 3 is 2.37 bits per heavy atom. The Kier molecular flexibility index (Phi) is 7.50. The van der Waals surface area contributed by atoms with E-state index in [0.29, 0.717) is 16.4 Å². The Morgan fingerprint density at radius 1 is 1.11 bits per heavy atom. The lowest BCUT2D eigenvalue weighted by molar-refractivity contribution is -0.142. The molecule has 1 spiro atoms. The van der Waals surface area contributed by atoms with Gasteiger partial charge in [-0.1, -0.05) is 57.0 Å². The number of nitrogens with zero attached hydrogens (tertiary/aromatic N) is 1. The number of anilines is 2. The van der Waals surface area contributed by atoms with Crippen LogP contribution in [0.5, 0.6) is 0 Å². The Bertz CT molecular complexity index is 1210. The van der Waals surface area contributed by atoms with Crippen molar-refractivity contribution in [2.24, 2.45) is 23.7 Å². The lowest BCUT2D eigenvalue weighted by Crippen LogP contribution is -2.58. The van der Waals surface area contributed by atoms with Crippen molar-refractivity contribution in [2.75, 3.05) is 17.2 Å². The number of halogens is 1. The van der Waals surface area contributed by atoms with Crippen LogP contribution in [0.2, 0.25) is 5.02 Å². The van der Waals surface area contributed by atoms with Crippen molar-refractivity contribution in [3.05, 3.63) is 59.6 Å². The average molecular weight is 556 g/mol. The van der Waals surface area contributed by atoms with Crippen molar-refractivity contribution >= 4 is 52.5 Å². The zero-order valence-corrected chi connectivity index (χ0v) is 23.3. The summed E-state index contributed by atoms with van der Waals surface area (Å²) in [7, 11) is 0. The number of hydrogen-bond acceptors (Lipinski definition) is 5. The number of carbonyl (C=O) groups excluding carboxylic acids is 3. The number of benzene rings is 2. The second-order valence-corrected chi connectivity index (χ2v) is 12.8. The summed E-state index contributed by atoms with van der Waals surface area (Å²) in [6.07, 6.45) is 1.48. The third kappa shape index (κ3) is 4.31. The summed E-state index contributed by atoms with van der Waals surface area (Å²) < 4.78 is -0.766. The molecule has 38 heavy (non-hydrogen) atoms. The minimum Gasteiger partial charge on any atom is -0.394 e. The fourth-order valence-corrected chi connectivity index (χ4v) is 9.26. The van der Waals surface area contributed by atoms with Gasteiger partial charge in [-0.05, 0) is 54.7 Å². The molecular weight excluding hydrogens is 522 g/mol. The van der Waals surface area contributed by atoms with E-state index >= 15 is 0 Å². The highest BCUT2D eigenvalue weighted by molar-refractivity contribution is 8.02. The number of aliphatic hydroxyl groups is 1. The first kappa shape index (κ1) is 27.0. The van der Waals surface area contributed by atoms with Crippen LogP contribution in [-0.4, -0.2) is 56.4 Å². The first-order valence-corrected chi connectivity index (χ1v) is 14.5. The van der Waals surface area contributed by atoms with E-state index < -0.39 is 28.7 Å². The van der Waals surface area contributed by atoms with Crippen LogP contribution in [0.1, 0.15) is 33.6 Å². The van der Waals surface area contributed by atoms with Gasteiger partial charge >= 0.3 is 0 Å². The maximum atomic E-state index is 14.3. The van der Waals surface area contributed by atoms with Gasteiger partial charge in [-0.2, -0.15) is 0 Å². The van der Waals surface area contributed by atoms with E-state index in [9.17, 15) is 19.5 Å². The van der Waals surface area contributed by atoms with Crippen molar-refractivity contribution < 1.29 is 19.5 Å². The standard InChI is InChI=1S/C29H34ClN3O4S/c1-4-16(2)21(15-34)33-25(27(36)32-20-12-10-18(30)11-13-20)29-17(3)14-22(38-29)23(24(29)28(33)37)26(35)31-19-8-6-5-7-9-19/h5-13,16-17,21-25,34H,4,14-15H2,1-3H3,(H,31,35)(H,32,36)/t16-,17?,21-,22+,23-,24-,25?,29?/m0/s1. The van der Waals surface area contributed by atoms with Gasteiger partial charge in [0, 0.05) is 21.6 Å². The van der Waals surface area contributed by atoms with Crippen molar-refractivity contribution in [1.82, 2.24) is 4.90 Å². The monoisotopic (exact) mass is 555 g/mol. The highest BCUT2D eigenvalue weighted by Gasteiger charge is 2.76. The number of hydrogen-bond donors (Lipinski definition) is 3. The molecule has 3 aliphatic rings. The van der Waals surface area contributed by atoms with Gasteiger partial charge in [0.05, 0.1) is 29.2 Å². The smallest absolute Gasteiger partial charge is 0.248 e. The van der Waals surface area contributed by atoms with E-state index in [4.69, 9.17) is 11.6 Å². The van der Waals surface area contributed by atoms with E-state index in [0.717, 1.165) is 12.8 Å². The molecule has 3 amide bonds. The molecule has 9 heteroatoms. The maximum absolute atomic E-state index is 14.3. The summed E-state index contributed by atoms with van der Waals surface area (Å²) >= 11 is 7.66. The molecule has 8 atom stereocenters. The highest BCUT2D eigenvalue weighted by atomic mass is 35.5. The van der Waals surface area contributed by atoms with E-state index in [2.05, 4.69) is 17.6 Å². The Labute approximate surface area is 232 Å². The molecule has 2 aromatic carbocycles. The average Bonchev–Trinajstić information content (AvgIpc) is 3.50. The van der Waals surface area contributed by atoms with Gasteiger partial charge in [-0.15, -0.1) is 11.8 Å². The molecule has 3 fully saturated rings. The molecule has 3 N–H and O–H groups in total. The summed E-state index contributed by atoms with van der Waals surface area (Å²) in [5.74, 6) is -1.90. The molecule has 2 aromatic rings. The molecule has 5 rings (SSSR count). The summed E-state index contributed by atoms with van der Waals surface area (Å²) in [4.78, 5) is 43.7. The van der Waals surface area contributed by atoms with Crippen molar-refractivity contribution in [3.63, 3.8) is 0 Å². The quantitative estimate of drug-likeness (QED) is 0.440. The number of likely N-dealkylation sites (tertiary alicyclic amines) is 1. The van der Waals surface area contributed by atoms with Gasteiger partial charge in [0.2, 0.25) is 17.7 Å². The zero-order chi connectivity index (χ0) is 27.2. The SMILES string of the molecule is CC[C@H](C)[C@H](CO)N1C(=O)[C@@H]2[C@@H](C(=O)Nc3ccccc3)[C@H]3CC(C)C2(S3)C1C(=O)Nc1ccc(Cl)cc1. The number of amides is 3. The maximum Gasteiger partial charge on any atom is 0.248 e. The summed E-state index contributed by atoms with van der Waals surface area (Å²) in [5.41, 5.74) is 1.26. The number of fused-ring (bicyclic) bond motifs is 1. The van der Waals surface area contributed by atoms with E-state index in [1.165, 1.54) is 0 Å². The van der Waals surface area contributed by atoms with Crippen LogP contribution in [0.25, 0.3) is 0 Å². The van der Waals surface area contributed by atoms with Crippen LogP contribution >= 0.6 is 23.4 Å². The minimum atomic E-state index is -0.818. The molecule has 3 saturated heterocycles. The van der Waals surface area contributed by atoms with Crippen LogP contribution in [0.4, 0.5) is 11.4 Å². The Balaban J connectivity index is 1.55. The fourth-order valence-electron chi connectivity index (χ4n) is 6.72. The van der Waals surface area contributed by atoms with Crippen LogP contribution in [-0.2, 0) is 14.4 Å². The molecule has 0 radical (unpaired) electrons. The fraction of sp³-hybridized carbons (Fsp3) is 0.483. The van der Waals surface area contributed by atoms with Gasteiger partial charge in [0.25, 0.3) is 0 Å². The number of aliphatic hydroxyl groups excluding tert-OH is 1. The van der Waals surface area contributed by atoms with Crippen LogP contribution in [0, 0.1) is 23.7 Å². The predicted octanol–water partition coefficient (Wildman–Crippen LogP) is 4.66. The molecule has 3 aliphatic heterocycles. The molecule has 202 valence electrons. The summed E-state index contributed by atoms with van der Waals surface area (Å²) in [6.45, 7) is 5.83. The molecule has 0 saturated carbocycles. The van der Waals surface area contributed by atoms with Gasteiger partial charge in [0.15, 0.2) is 0 Å². The molecule has 0 aliphatic carbocycles. The van der Waals surface area contributed by atoms with Crippen molar-refractivity contribution in [3.8, 4) is 0 Å². The largest absolute Gasteiger partial charge is 0.394 e. The lowest BCUT2D eigenvalue weighted by Gasteiger charge is -2.41. The summed E-state index contributed by atoms with van der Waals surface area (Å²) in [5, 5.41) is 17.0. The first-order chi connectivity index (χ1) is 18.2. The Morgan fingerprint density at radius 2 is 1.74 bits per heavy atom. The van der Waals surface area contributed by atoms with Gasteiger partial charge in [0.1, 0.15) is 6.04 Å². The zero-order valence-electron chi connectivity index (χ0n) is 21.8. The highest BCUT2D eigenvalue weighted by Crippen LogP contribution is 2.69. The van der Waals surface area contributed by atoms with Crippen molar-refractivity contribution in [1.29, 1.82) is 0 Å². The molecule has 0 aromatic heterocycles. The van der Waals surface area contributed by atoms with Crippen LogP contribution < -0.4 is 10.6 Å². The van der Waals surface area contributed by atoms with E-state index in [1.54, 1.807) is 40.9 Å². The van der Waals surface area contributed by atoms with Gasteiger partial charge in [-0.3, -0.25) is 14.4 Å². The number of nitrogens with one attached hydrogen (secondary N) is 2. The number of thioether (sulfide) groups is 1. The number of para-hydroxylation sites is 1. The third-order valence-corrected chi connectivity index (χ3v) is 11.1. The topological polar surface area (TPSA) is 98.7 Å². The second kappa shape index (κ2) is 10.5. The number of carbonyl (C=O) groups is 3. The van der Waals surface area contributed by atoms with Gasteiger partial charge in [-0.25, -0.2) is 0 Å². The van der Waals surface area contributed by atoms with Gasteiger partial charge < -0.3 is 20.6 Å². The molecule has 2 bridgehead atoms. The Hall–Kier alpha value is -2.55. The summed E-state index contributed by atoms with van der Waals surface area (Å²) in [6, 6.07) is 14.8. The predicted molar refractivity (Wildman–Crippen MR) is 151 cm³/mol. The molecule has 3 heterocycles. The molecular formula is C29H34ClN3O4S.